The van der Waals surface area contributed by atoms with Crippen molar-refractivity contribution >= 4 is 0 Å². The number of hydrogen-bond donors (Lipinski definition) is 1. The quantitative estimate of drug-likeness (QED) is 0.678. The van der Waals surface area contributed by atoms with Gasteiger partial charge in [0.15, 0.2) is 0 Å². The average Bonchev–Trinajstić information content (AvgIpc) is 2.26. The summed E-state index contributed by atoms with van der Waals surface area (Å²) in [5.74, 6) is 1.72. The molecule has 0 radical (unpaired) electrons. The summed E-state index contributed by atoms with van der Waals surface area (Å²) < 4.78 is 10.4. The van der Waals surface area contributed by atoms with Gasteiger partial charge in [-0.25, -0.2) is 0 Å². The van der Waals surface area contributed by atoms with Gasteiger partial charge in [-0.2, -0.15) is 0 Å². The van der Waals surface area contributed by atoms with Crippen molar-refractivity contribution in [2.45, 2.75) is 39.2 Å². The maximum atomic E-state index is 5.43. The van der Waals surface area contributed by atoms with Crippen LogP contribution in [0.15, 0.2) is 0 Å². The summed E-state index contributed by atoms with van der Waals surface area (Å²) in [6.07, 6.45) is 4.05. The van der Waals surface area contributed by atoms with Crippen LogP contribution in [0.1, 0.15) is 33.1 Å². The van der Waals surface area contributed by atoms with Crippen molar-refractivity contribution in [1.82, 2.24) is 5.32 Å². The third kappa shape index (κ3) is 5.28. The van der Waals surface area contributed by atoms with Crippen LogP contribution in [-0.4, -0.2) is 39.5 Å². The van der Waals surface area contributed by atoms with Crippen LogP contribution < -0.4 is 5.32 Å². The van der Waals surface area contributed by atoms with Crippen LogP contribution in [0.25, 0.3) is 0 Å². The molecule has 0 aromatic heterocycles. The Morgan fingerprint density at radius 3 is 2.62 bits per heavy atom. The molecule has 0 spiro atoms. The van der Waals surface area contributed by atoms with Gasteiger partial charge in [0.2, 0.25) is 0 Å². The Labute approximate surface area is 99.9 Å². The number of rotatable bonds is 7. The molecule has 3 unspecified atom stereocenters. The van der Waals surface area contributed by atoms with E-state index in [4.69, 9.17) is 9.47 Å². The summed E-state index contributed by atoms with van der Waals surface area (Å²) in [7, 11) is 1.70. The summed E-state index contributed by atoms with van der Waals surface area (Å²) in [5, 5.41) is 3.60. The van der Waals surface area contributed by atoms with Crippen molar-refractivity contribution in [3.8, 4) is 0 Å². The Bertz CT molecular complexity index is 175. The lowest BCUT2D eigenvalue weighted by atomic mass is 9.80. The second-order valence-corrected chi connectivity index (χ2v) is 5.06. The van der Waals surface area contributed by atoms with Gasteiger partial charge >= 0.3 is 0 Å². The van der Waals surface area contributed by atoms with E-state index in [9.17, 15) is 0 Å². The zero-order valence-corrected chi connectivity index (χ0v) is 11.0. The molecule has 16 heavy (non-hydrogen) atoms. The molecule has 1 aliphatic rings. The highest BCUT2D eigenvalue weighted by molar-refractivity contribution is 4.80. The van der Waals surface area contributed by atoms with Crippen molar-refractivity contribution in [3.63, 3.8) is 0 Å². The van der Waals surface area contributed by atoms with Crippen molar-refractivity contribution < 1.29 is 9.47 Å². The zero-order chi connectivity index (χ0) is 11.8. The van der Waals surface area contributed by atoms with Gasteiger partial charge in [-0.3, -0.25) is 0 Å². The number of nitrogens with one attached hydrogen (secondary N) is 1. The first-order chi connectivity index (χ1) is 7.74. The minimum absolute atomic E-state index is 0.692. The molecule has 1 aliphatic carbocycles. The highest BCUT2D eigenvalue weighted by Crippen LogP contribution is 2.28. The van der Waals surface area contributed by atoms with Gasteiger partial charge in [0.1, 0.15) is 0 Å². The first-order valence-corrected chi connectivity index (χ1v) is 6.54. The smallest absolute Gasteiger partial charge is 0.0700 e. The van der Waals surface area contributed by atoms with Gasteiger partial charge in [0, 0.05) is 19.7 Å². The van der Waals surface area contributed by atoms with Crippen LogP contribution in [0.3, 0.4) is 0 Å². The van der Waals surface area contributed by atoms with Gasteiger partial charge in [0.05, 0.1) is 19.8 Å². The SMILES string of the molecule is COCCOCCNC1CCC(C)CC1C. The van der Waals surface area contributed by atoms with E-state index >= 15 is 0 Å². The monoisotopic (exact) mass is 229 g/mol. The molecule has 96 valence electrons. The minimum Gasteiger partial charge on any atom is -0.382 e. The van der Waals surface area contributed by atoms with Crippen LogP contribution in [0.5, 0.6) is 0 Å². The van der Waals surface area contributed by atoms with Gasteiger partial charge in [0.25, 0.3) is 0 Å². The second-order valence-electron chi connectivity index (χ2n) is 5.06. The zero-order valence-electron chi connectivity index (χ0n) is 11.0. The van der Waals surface area contributed by atoms with Gasteiger partial charge in [-0.1, -0.05) is 13.8 Å². The van der Waals surface area contributed by atoms with E-state index < -0.39 is 0 Å². The topological polar surface area (TPSA) is 30.5 Å². The lowest BCUT2D eigenvalue weighted by Gasteiger charge is -2.33. The molecule has 0 heterocycles. The third-order valence-corrected chi connectivity index (χ3v) is 3.52. The molecule has 0 amide bonds. The molecule has 0 bridgehead atoms. The van der Waals surface area contributed by atoms with E-state index in [1.54, 1.807) is 7.11 Å². The average molecular weight is 229 g/mol. The van der Waals surface area contributed by atoms with Crippen LogP contribution in [0.2, 0.25) is 0 Å². The Balaban J connectivity index is 2.00. The van der Waals surface area contributed by atoms with Crippen molar-refractivity contribution in [1.29, 1.82) is 0 Å². The van der Waals surface area contributed by atoms with E-state index in [0.29, 0.717) is 19.3 Å². The van der Waals surface area contributed by atoms with E-state index in [1.165, 1.54) is 19.3 Å². The normalized spacial score (nSPS) is 30.6. The van der Waals surface area contributed by atoms with Gasteiger partial charge in [-0.05, 0) is 31.1 Å². The summed E-state index contributed by atoms with van der Waals surface area (Å²) in [5.41, 5.74) is 0. The molecule has 0 aromatic carbocycles. The van der Waals surface area contributed by atoms with Crippen molar-refractivity contribution in [2.24, 2.45) is 11.8 Å². The maximum Gasteiger partial charge on any atom is 0.0700 e. The molecule has 1 N–H and O–H groups in total. The molecule has 1 rings (SSSR count). The Kier molecular flexibility index (Phi) is 7.01. The predicted molar refractivity (Wildman–Crippen MR) is 66.7 cm³/mol. The van der Waals surface area contributed by atoms with E-state index in [0.717, 1.165) is 25.0 Å². The Hall–Kier alpha value is -0.120. The molecule has 1 saturated carbocycles. The molecule has 0 saturated heterocycles. The van der Waals surface area contributed by atoms with Gasteiger partial charge in [-0.15, -0.1) is 0 Å². The highest BCUT2D eigenvalue weighted by atomic mass is 16.5. The van der Waals surface area contributed by atoms with Crippen molar-refractivity contribution in [2.75, 3.05) is 33.5 Å². The highest BCUT2D eigenvalue weighted by Gasteiger charge is 2.24. The largest absolute Gasteiger partial charge is 0.382 e. The molecular weight excluding hydrogens is 202 g/mol. The molecule has 3 nitrogen and oxygen atoms in total. The summed E-state index contributed by atoms with van der Waals surface area (Å²) >= 11 is 0. The predicted octanol–water partition coefficient (Wildman–Crippen LogP) is 2.06. The third-order valence-electron chi connectivity index (χ3n) is 3.52. The fourth-order valence-corrected chi connectivity index (χ4v) is 2.53. The fraction of sp³-hybridized carbons (Fsp3) is 1.00. The van der Waals surface area contributed by atoms with Crippen LogP contribution in [-0.2, 0) is 9.47 Å². The molecule has 0 aromatic rings. The molecular formula is C13H27NO2. The Morgan fingerprint density at radius 1 is 1.12 bits per heavy atom. The number of hydrogen-bond acceptors (Lipinski definition) is 3. The first-order valence-electron chi connectivity index (χ1n) is 6.54. The number of ether oxygens (including phenoxy) is 2. The molecule has 3 heteroatoms. The van der Waals surface area contributed by atoms with Gasteiger partial charge < -0.3 is 14.8 Å². The molecule has 0 aliphatic heterocycles. The lowest BCUT2D eigenvalue weighted by molar-refractivity contribution is 0.0690. The summed E-state index contributed by atoms with van der Waals surface area (Å²) in [6.45, 7) is 7.88. The van der Waals surface area contributed by atoms with E-state index in [2.05, 4.69) is 19.2 Å². The maximum absolute atomic E-state index is 5.43. The van der Waals surface area contributed by atoms with Crippen LogP contribution >= 0.6 is 0 Å². The van der Waals surface area contributed by atoms with Crippen molar-refractivity contribution in [3.05, 3.63) is 0 Å². The molecule has 1 fully saturated rings. The van der Waals surface area contributed by atoms with E-state index in [1.807, 2.05) is 0 Å². The molecule has 3 atom stereocenters. The lowest BCUT2D eigenvalue weighted by Crippen LogP contribution is -2.40. The van der Waals surface area contributed by atoms with Crippen LogP contribution in [0.4, 0.5) is 0 Å². The summed E-state index contributed by atoms with van der Waals surface area (Å²) in [6, 6.07) is 0.697. The number of methoxy groups -OCH3 is 1. The first kappa shape index (κ1) is 13.9. The second kappa shape index (κ2) is 8.04. The standard InChI is InChI=1S/C13H27NO2/c1-11-4-5-13(12(2)10-11)14-6-7-16-9-8-15-3/h11-14H,4-10H2,1-3H3. The van der Waals surface area contributed by atoms with Crippen LogP contribution in [0, 0.1) is 11.8 Å². The fourth-order valence-electron chi connectivity index (χ4n) is 2.53. The Morgan fingerprint density at radius 2 is 1.94 bits per heavy atom. The summed E-state index contributed by atoms with van der Waals surface area (Å²) in [4.78, 5) is 0. The van der Waals surface area contributed by atoms with E-state index in [-0.39, 0.29) is 0 Å². The minimum atomic E-state index is 0.692.